The van der Waals surface area contributed by atoms with Crippen molar-refractivity contribution in [1.82, 2.24) is 4.90 Å². The molecule has 0 bridgehead atoms. The van der Waals surface area contributed by atoms with Crippen LogP contribution in [0.1, 0.15) is 50.7 Å². The van der Waals surface area contributed by atoms with Crippen LogP contribution in [0.3, 0.4) is 0 Å². The Morgan fingerprint density at radius 2 is 1.83 bits per heavy atom. The minimum Gasteiger partial charge on any atom is -0.481 e. The fourth-order valence-corrected chi connectivity index (χ4v) is 2.41. The molecule has 24 heavy (non-hydrogen) atoms. The van der Waals surface area contributed by atoms with Crippen LogP contribution in [0.25, 0.3) is 0 Å². The number of alkyl halides is 3. The second-order valence-corrected chi connectivity index (χ2v) is 6.05. The molecule has 0 saturated heterocycles. The van der Waals surface area contributed by atoms with Crippen LogP contribution in [0.15, 0.2) is 24.3 Å². The quantitative estimate of drug-likeness (QED) is 0.815. The summed E-state index contributed by atoms with van der Waals surface area (Å²) in [6, 6.07) is 4.75. The Bertz CT molecular complexity index is 585. The molecule has 1 aromatic rings. The fourth-order valence-electron chi connectivity index (χ4n) is 2.41. The van der Waals surface area contributed by atoms with Gasteiger partial charge in [-0.1, -0.05) is 25.1 Å². The van der Waals surface area contributed by atoms with Crippen molar-refractivity contribution in [2.75, 3.05) is 6.54 Å². The smallest absolute Gasteiger partial charge is 0.416 e. The van der Waals surface area contributed by atoms with Crippen molar-refractivity contribution in [3.8, 4) is 0 Å². The first kappa shape index (κ1) is 20.0. The maximum absolute atomic E-state index is 12.8. The van der Waals surface area contributed by atoms with E-state index >= 15 is 0 Å². The molecule has 134 valence electrons. The Balaban J connectivity index is 2.83. The number of rotatable bonds is 7. The molecule has 1 atom stereocenters. The Kier molecular flexibility index (Phi) is 6.81. The third kappa shape index (κ3) is 5.86. The molecule has 0 heterocycles. The number of carbonyl (C=O) groups excluding carboxylic acids is 1. The van der Waals surface area contributed by atoms with Crippen LogP contribution < -0.4 is 0 Å². The molecular formula is C17H22F3NO3. The number of hydrogen-bond acceptors (Lipinski definition) is 2. The van der Waals surface area contributed by atoms with Gasteiger partial charge < -0.3 is 10.0 Å². The Morgan fingerprint density at radius 1 is 1.21 bits per heavy atom. The van der Waals surface area contributed by atoms with E-state index in [9.17, 15) is 22.8 Å². The summed E-state index contributed by atoms with van der Waals surface area (Å²) in [5, 5.41) is 8.75. The molecule has 1 unspecified atom stereocenters. The minimum absolute atomic E-state index is 0.0269. The van der Waals surface area contributed by atoms with E-state index in [2.05, 4.69) is 0 Å². The van der Waals surface area contributed by atoms with Gasteiger partial charge in [0.2, 0.25) is 5.91 Å². The first-order valence-electron chi connectivity index (χ1n) is 7.70. The molecule has 7 heteroatoms. The van der Waals surface area contributed by atoms with Crippen molar-refractivity contribution in [3.63, 3.8) is 0 Å². The second kappa shape index (κ2) is 8.17. The molecule has 0 aromatic heterocycles. The average molecular weight is 345 g/mol. The summed E-state index contributed by atoms with van der Waals surface area (Å²) >= 11 is 0. The van der Waals surface area contributed by atoms with Crippen LogP contribution in [-0.4, -0.2) is 34.5 Å². The standard InChI is InChI=1S/C17H22F3NO3/c1-11(2)21(8-7-16(23)24)15(22)9-12(3)13-5-4-6-14(10-13)17(18,19)20/h4-6,10-12H,7-9H2,1-3H3,(H,23,24). The summed E-state index contributed by atoms with van der Waals surface area (Å²) in [6.45, 7) is 5.31. The molecule has 1 N–H and O–H groups in total. The maximum Gasteiger partial charge on any atom is 0.416 e. The lowest BCUT2D eigenvalue weighted by Crippen LogP contribution is -2.39. The van der Waals surface area contributed by atoms with Crippen LogP contribution in [0.5, 0.6) is 0 Å². The summed E-state index contributed by atoms with van der Waals surface area (Å²) in [5.74, 6) is -1.67. The third-order valence-electron chi connectivity index (χ3n) is 3.77. The highest BCUT2D eigenvalue weighted by Gasteiger charge is 2.31. The van der Waals surface area contributed by atoms with Gasteiger partial charge in [-0.2, -0.15) is 13.2 Å². The molecule has 0 fully saturated rings. The number of amides is 1. The van der Waals surface area contributed by atoms with E-state index in [1.165, 1.54) is 11.0 Å². The van der Waals surface area contributed by atoms with Crippen molar-refractivity contribution in [2.24, 2.45) is 0 Å². The Hall–Kier alpha value is -2.05. The monoisotopic (exact) mass is 345 g/mol. The van der Waals surface area contributed by atoms with Gasteiger partial charge in [0, 0.05) is 19.0 Å². The zero-order valence-electron chi connectivity index (χ0n) is 13.9. The van der Waals surface area contributed by atoms with Gasteiger partial charge in [0.25, 0.3) is 0 Å². The van der Waals surface area contributed by atoms with Gasteiger partial charge in [0.05, 0.1) is 12.0 Å². The zero-order valence-corrected chi connectivity index (χ0v) is 13.9. The largest absolute Gasteiger partial charge is 0.481 e. The topological polar surface area (TPSA) is 57.6 Å². The van der Waals surface area contributed by atoms with E-state index in [-0.39, 0.29) is 31.3 Å². The van der Waals surface area contributed by atoms with Gasteiger partial charge in [0.15, 0.2) is 0 Å². The van der Waals surface area contributed by atoms with Crippen molar-refractivity contribution >= 4 is 11.9 Å². The summed E-state index contributed by atoms with van der Waals surface area (Å²) < 4.78 is 38.3. The zero-order chi connectivity index (χ0) is 18.5. The number of halogens is 3. The first-order valence-corrected chi connectivity index (χ1v) is 7.70. The van der Waals surface area contributed by atoms with Crippen LogP contribution in [0.2, 0.25) is 0 Å². The van der Waals surface area contributed by atoms with E-state index in [4.69, 9.17) is 5.11 Å². The molecule has 0 aliphatic carbocycles. The number of benzene rings is 1. The number of carboxylic acid groups (broad SMARTS) is 1. The molecule has 0 radical (unpaired) electrons. The van der Waals surface area contributed by atoms with E-state index in [1.54, 1.807) is 26.8 Å². The van der Waals surface area contributed by atoms with Crippen molar-refractivity contribution in [2.45, 2.75) is 51.7 Å². The number of carboxylic acids is 1. The molecule has 1 amide bonds. The SMILES string of the molecule is CC(CC(=O)N(CCC(=O)O)C(C)C)c1cccc(C(F)(F)F)c1. The highest BCUT2D eigenvalue weighted by molar-refractivity contribution is 5.78. The molecule has 0 saturated carbocycles. The van der Waals surface area contributed by atoms with Crippen molar-refractivity contribution in [3.05, 3.63) is 35.4 Å². The van der Waals surface area contributed by atoms with Gasteiger partial charge in [-0.3, -0.25) is 9.59 Å². The molecule has 0 aliphatic rings. The second-order valence-electron chi connectivity index (χ2n) is 6.05. The highest BCUT2D eigenvalue weighted by Crippen LogP contribution is 2.31. The maximum atomic E-state index is 12.8. The molecule has 1 aromatic carbocycles. The first-order chi connectivity index (χ1) is 11.0. The molecule has 1 rings (SSSR count). The minimum atomic E-state index is -4.43. The number of carbonyl (C=O) groups is 2. The van der Waals surface area contributed by atoms with Crippen LogP contribution >= 0.6 is 0 Å². The lowest BCUT2D eigenvalue weighted by atomic mass is 9.95. The van der Waals surface area contributed by atoms with Gasteiger partial charge in [-0.25, -0.2) is 0 Å². The van der Waals surface area contributed by atoms with E-state index in [1.807, 2.05) is 0 Å². The number of aliphatic carboxylic acids is 1. The summed E-state index contributed by atoms with van der Waals surface area (Å²) in [4.78, 5) is 24.5. The van der Waals surface area contributed by atoms with Gasteiger partial charge in [-0.05, 0) is 31.4 Å². The van der Waals surface area contributed by atoms with Crippen molar-refractivity contribution in [1.29, 1.82) is 0 Å². The van der Waals surface area contributed by atoms with Gasteiger partial charge in [0.1, 0.15) is 0 Å². The summed E-state index contributed by atoms with van der Waals surface area (Å²) in [5.41, 5.74) is -0.314. The number of nitrogens with zero attached hydrogens (tertiary/aromatic N) is 1. The fraction of sp³-hybridized carbons (Fsp3) is 0.529. The van der Waals surface area contributed by atoms with E-state index in [0.29, 0.717) is 5.56 Å². The lowest BCUT2D eigenvalue weighted by molar-refractivity contribution is -0.139. The van der Waals surface area contributed by atoms with E-state index < -0.39 is 23.6 Å². The lowest BCUT2D eigenvalue weighted by Gasteiger charge is -2.27. The van der Waals surface area contributed by atoms with Crippen LogP contribution in [-0.2, 0) is 15.8 Å². The predicted molar refractivity (Wildman–Crippen MR) is 83.6 cm³/mol. The molecule has 0 spiro atoms. The molecule has 4 nitrogen and oxygen atoms in total. The Labute approximate surface area is 139 Å². The van der Waals surface area contributed by atoms with Crippen LogP contribution in [0, 0.1) is 0 Å². The van der Waals surface area contributed by atoms with Crippen molar-refractivity contribution < 1.29 is 27.9 Å². The highest BCUT2D eigenvalue weighted by atomic mass is 19.4. The normalized spacial score (nSPS) is 13.0. The number of hydrogen-bond donors (Lipinski definition) is 1. The van der Waals surface area contributed by atoms with Gasteiger partial charge in [-0.15, -0.1) is 0 Å². The summed E-state index contributed by atoms with van der Waals surface area (Å²) in [7, 11) is 0. The molecular weight excluding hydrogens is 323 g/mol. The third-order valence-corrected chi connectivity index (χ3v) is 3.77. The van der Waals surface area contributed by atoms with Gasteiger partial charge >= 0.3 is 12.1 Å². The molecule has 0 aliphatic heterocycles. The average Bonchev–Trinajstić information content (AvgIpc) is 2.45. The Morgan fingerprint density at radius 3 is 2.33 bits per heavy atom. The predicted octanol–water partition coefficient (Wildman–Crippen LogP) is 3.91. The summed E-state index contributed by atoms with van der Waals surface area (Å²) in [6.07, 6.45) is -4.56. The van der Waals surface area contributed by atoms with Crippen LogP contribution in [0.4, 0.5) is 13.2 Å². The van der Waals surface area contributed by atoms with E-state index in [0.717, 1.165) is 12.1 Å².